The number of aliphatic hydroxyl groups excluding tert-OH is 2. The van der Waals surface area contributed by atoms with Crippen molar-refractivity contribution in [2.45, 2.75) is 18.3 Å². The highest BCUT2D eigenvalue weighted by Crippen LogP contribution is 2.27. The summed E-state index contributed by atoms with van der Waals surface area (Å²) in [6.45, 7) is 0.115. The summed E-state index contributed by atoms with van der Waals surface area (Å²) in [6.07, 6.45) is -0.890. The number of aromatic nitrogens is 3. The maximum absolute atomic E-state index is 9.74. The van der Waals surface area contributed by atoms with Crippen LogP contribution in [0.2, 0.25) is 0 Å². The second-order valence-electron chi connectivity index (χ2n) is 4.21. The van der Waals surface area contributed by atoms with Gasteiger partial charge in [-0.2, -0.15) is 15.0 Å². The Balaban J connectivity index is 1.86. The first-order chi connectivity index (χ1) is 8.75. The molecule has 0 unspecified atom stereocenters. The molecule has 2 N–H and O–H groups in total. The molecule has 1 aliphatic heterocycles. The van der Waals surface area contributed by atoms with Crippen molar-refractivity contribution in [1.82, 2.24) is 15.0 Å². The minimum Gasteiger partial charge on any atom is -0.388 e. The molecule has 0 amide bonds. The Kier molecular flexibility index (Phi) is 2.83. The van der Waals surface area contributed by atoms with Gasteiger partial charge in [0.2, 0.25) is 0 Å². The van der Waals surface area contributed by atoms with Crippen LogP contribution in [-0.2, 0) is 4.74 Å². The summed E-state index contributed by atoms with van der Waals surface area (Å²) < 4.78 is 5.30. The van der Waals surface area contributed by atoms with E-state index in [1.165, 1.54) is 4.80 Å². The molecule has 6 nitrogen and oxygen atoms in total. The van der Waals surface area contributed by atoms with Gasteiger partial charge in [-0.1, -0.05) is 18.2 Å². The summed E-state index contributed by atoms with van der Waals surface area (Å²) >= 11 is 0. The van der Waals surface area contributed by atoms with Crippen molar-refractivity contribution in [2.24, 2.45) is 0 Å². The van der Waals surface area contributed by atoms with E-state index in [-0.39, 0.29) is 6.61 Å². The summed E-state index contributed by atoms with van der Waals surface area (Å²) in [5.41, 5.74) is 1.35. The van der Waals surface area contributed by atoms with Crippen molar-refractivity contribution in [3.05, 3.63) is 42.2 Å². The van der Waals surface area contributed by atoms with Gasteiger partial charge in [-0.15, -0.1) is 0 Å². The van der Waals surface area contributed by atoms with Crippen LogP contribution in [0.4, 0.5) is 0 Å². The fourth-order valence-corrected chi connectivity index (χ4v) is 1.95. The molecule has 1 aromatic carbocycles. The first kappa shape index (κ1) is 11.3. The average Bonchev–Trinajstić information content (AvgIpc) is 3.00. The Morgan fingerprint density at radius 2 is 2.00 bits per heavy atom. The van der Waals surface area contributed by atoms with E-state index in [0.29, 0.717) is 5.69 Å². The minimum atomic E-state index is -0.953. The second-order valence-corrected chi connectivity index (χ2v) is 4.21. The predicted octanol–water partition coefficient (Wildman–Crippen LogP) is 0.0604. The van der Waals surface area contributed by atoms with Crippen molar-refractivity contribution in [3.8, 4) is 5.69 Å². The molecule has 0 radical (unpaired) electrons. The molecular formula is C12H13N3O3. The quantitative estimate of drug-likeness (QED) is 0.784. The lowest BCUT2D eigenvalue weighted by molar-refractivity contribution is 0.0203. The summed E-state index contributed by atoms with van der Waals surface area (Å²) in [6, 6.07) is 9.45. The summed E-state index contributed by atoms with van der Waals surface area (Å²) in [5.74, 6) is 0. The molecule has 0 saturated carbocycles. The van der Waals surface area contributed by atoms with Gasteiger partial charge < -0.3 is 14.9 Å². The fourth-order valence-electron chi connectivity index (χ4n) is 1.95. The van der Waals surface area contributed by atoms with Crippen LogP contribution in [-0.4, -0.2) is 44.0 Å². The maximum atomic E-state index is 9.74. The first-order valence-electron chi connectivity index (χ1n) is 5.71. The number of hydrogen-bond acceptors (Lipinski definition) is 5. The van der Waals surface area contributed by atoms with Crippen LogP contribution in [0.1, 0.15) is 11.8 Å². The van der Waals surface area contributed by atoms with E-state index in [1.54, 1.807) is 6.20 Å². The second kappa shape index (κ2) is 4.49. The largest absolute Gasteiger partial charge is 0.388 e. The van der Waals surface area contributed by atoms with Crippen molar-refractivity contribution in [2.75, 3.05) is 6.61 Å². The maximum Gasteiger partial charge on any atom is 0.131 e. The van der Waals surface area contributed by atoms with Crippen molar-refractivity contribution < 1.29 is 14.9 Å². The van der Waals surface area contributed by atoms with Gasteiger partial charge in [0.1, 0.15) is 24.0 Å². The van der Waals surface area contributed by atoms with Crippen molar-refractivity contribution >= 4 is 0 Å². The van der Waals surface area contributed by atoms with Gasteiger partial charge in [-0.3, -0.25) is 0 Å². The van der Waals surface area contributed by atoms with Crippen LogP contribution in [0.3, 0.4) is 0 Å². The van der Waals surface area contributed by atoms with E-state index in [0.717, 1.165) is 5.69 Å². The number of hydrogen-bond donors (Lipinski definition) is 2. The van der Waals surface area contributed by atoms with Gasteiger partial charge in [0.05, 0.1) is 18.5 Å². The average molecular weight is 247 g/mol. The number of aliphatic hydroxyl groups is 2. The minimum absolute atomic E-state index is 0.115. The fraction of sp³-hybridized carbons (Fsp3) is 0.333. The normalized spacial score (nSPS) is 27.6. The molecule has 1 saturated heterocycles. The summed E-state index contributed by atoms with van der Waals surface area (Å²) in [7, 11) is 0. The van der Waals surface area contributed by atoms with Gasteiger partial charge >= 0.3 is 0 Å². The Labute approximate surface area is 103 Å². The van der Waals surface area contributed by atoms with Gasteiger partial charge in [0.15, 0.2) is 0 Å². The van der Waals surface area contributed by atoms with E-state index < -0.39 is 18.3 Å². The van der Waals surface area contributed by atoms with Crippen molar-refractivity contribution in [3.63, 3.8) is 0 Å². The molecule has 3 rings (SSSR count). The SMILES string of the molecule is O[C@@H]1[C@H](O)CO[C@H]1c1cnn(-c2ccccc2)n1. The lowest BCUT2D eigenvalue weighted by Crippen LogP contribution is -2.25. The molecule has 0 bridgehead atoms. The molecule has 1 aromatic heterocycles. The van der Waals surface area contributed by atoms with Gasteiger partial charge in [-0.25, -0.2) is 0 Å². The summed E-state index contributed by atoms with van der Waals surface area (Å²) in [5, 5.41) is 27.5. The topological polar surface area (TPSA) is 80.4 Å². The smallest absolute Gasteiger partial charge is 0.131 e. The molecule has 0 spiro atoms. The number of benzene rings is 1. The Bertz CT molecular complexity index is 528. The van der Waals surface area contributed by atoms with Gasteiger partial charge in [0.25, 0.3) is 0 Å². The molecule has 6 heteroatoms. The molecule has 18 heavy (non-hydrogen) atoms. The molecule has 94 valence electrons. The zero-order valence-corrected chi connectivity index (χ0v) is 9.55. The lowest BCUT2D eigenvalue weighted by Gasteiger charge is -2.11. The lowest BCUT2D eigenvalue weighted by atomic mass is 10.1. The zero-order chi connectivity index (χ0) is 12.5. The molecule has 2 heterocycles. The van der Waals surface area contributed by atoms with E-state index >= 15 is 0 Å². The van der Waals surface area contributed by atoms with E-state index in [2.05, 4.69) is 10.2 Å². The monoisotopic (exact) mass is 247 g/mol. The summed E-state index contributed by atoms with van der Waals surface area (Å²) in [4.78, 5) is 1.47. The molecule has 1 aliphatic rings. The number of para-hydroxylation sites is 1. The molecule has 3 atom stereocenters. The van der Waals surface area contributed by atoms with Crippen LogP contribution in [0.15, 0.2) is 36.5 Å². The van der Waals surface area contributed by atoms with Gasteiger partial charge in [-0.05, 0) is 12.1 Å². The highest BCUT2D eigenvalue weighted by Gasteiger charge is 2.37. The molecule has 2 aromatic rings. The number of nitrogens with zero attached hydrogens (tertiary/aromatic N) is 3. The number of rotatable bonds is 2. The molecule has 1 fully saturated rings. The van der Waals surface area contributed by atoms with Crippen LogP contribution in [0.25, 0.3) is 5.69 Å². The highest BCUT2D eigenvalue weighted by atomic mass is 16.5. The van der Waals surface area contributed by atoms with Crippen LogP contribution < -0.4 is 0 Å². The highest BCUT2D eigenvalue weighted by molar-refractivity contribution is 5.28. The zero-order valence-electron chi connectivity index (χ0n) is 9.55. The third kappa shape index (κ3) is 1.90. The number of ether oxygens (including phenoxy) is 1. The Morgan fingerprint density at radius 3 is 2.67 bits per heavy atom. The third-order valence-corrected chi connectivity index (χ3v) is 2.94. The third-order valence-electron chi connectivity index (χ3n) is 2.94. The Hall–Kier alpha value is -1.76. The molecular weight excluding hydrogens is 234 g/mol. The van der Waals surface area contributed by atoms with E-state index in [1.807, 2.05) is 30.3 Å². The van der Waals surface area contributed by atoms with E-state index in [4.69, 9.17) is 4.74 Å². The van der Waals surface area contributed by atoms with Crippen LogP contribution in [0, 0.1) is 0 Å². The predicted molar refractivity (Wildman–Crippen MR) is 62.1 cm³/mol. The first-order valence-corrected chi connectivity index (χ1v) is 5.71. The van der Waals surface area contributed by atoms with Crippen LogP contribution >= 0.6 is 0 Å². The standard InChI is InChI=1S/C12H13N3O3/c16-10-7-18-12(11(10)17)9-6-13-15(14-9)8-4-2-1-3-5-8/h1-6,10-12,16-17H,7H2/t10-,11-,12+/m1/s1. The molecule has 0 aliphatic carbocycles. The van der Waals surface area contributed by atoms with Crippen LogP contribution in [0.5, 0.6) is 0 Å². The Morgan fingerprint density at radius 1 is 1.22 bits per heavy atom. The van der Waals surface area contributed by atoms with Crippen molar-refractivity contribution in [1.29, 1.82) is 0 Å². The van der Waals surface area contributed by atoms with E-state index in [9.17, 15) is 10.2 Å². The van der Waals surface area contributed by atoms with Gasteiger partial charge in [0, 0.05) is 0 Å².